The second-order valence-corrected chi connectivity index (χ2v) is 7.11. The van der Waals surface area contributed by atoms with E-state index in [1.54, 1.807) is 13.2 Å². The Bertz CT molecular complexity index is 1130. The predicted molar refractivity (Wildman–Crippen MR) is 122 cm³/mol. The summed E-state index contributed by atoms with van der Waals surface area (Å²) in [4.78, 5) is 2.13. The van der Waals surface area contributed by atoms with E-state index in [-0.39, 0.29) is 0 Å². The number of hydrogen-bond acceptors (Lipinski definition) is 7. The Morgan fingerprint density at radius 3 is 2.59 bits per heavy atom. The summed E-state index contributed by atoms with van der Waals surface area (Å²) >= 11 is 0. The largest absolute Gasteiger partial charge is 0.493 e. The molecule has 0 N–H and O–H groups in total. The van der Waals surface area contributed by atoms with Crippen LogP contribution in [0.4, 0.5) is 5.95 Å². The van der Waals surface area contributed by atoms with Crippen molar-refractivity contribution >= 4 is 17.6 Å². The molecule has 4 rings (SSSR count). The highest BCUT2D eigenvalue weighted by atomic mass is 16.5. The van der Waals surface area contributed by atoms with Crippen LogP contribution >= 0.6 is 0 Å². The fourth-order valence-electron chi connectivity index (χ4n) is 3.60. The van der Waals surface area contributed by atoms with E-state index in [1.165, 1.54) is 0 Å². The Balaban J connectivity index is 1.79. The molecule has 32 heavy (non-hydrogen) atoms. The monoisotopic (exact) mass is 431 g/mol. The number of allylic oxidation sites excluding steroid dienone is 1. The molecule has 0 amide bonds. The van der Waals surface area contributed by atoms with Crippen molar-refractivity contribution in [2.45, 2.75) is 6.92 Å². The zero-order chi connectivity index (χ0) is 22.3. The number of morpholine rings is 1. The molecule has 1 aromatic heterocycles. The molecule has 2 heterocycles. The molecule has 0 unspecified atom stereocenters. The van der Waals surface area contributed by atoms with Crippen LogP contribution < -0.4 is 14.4 Å². The number of hydrogen-bond donors (Lipinski definition) is 0. The van der Waals surface area contributed by atoms with Gasteiger partial charge in [0.2, 0.25) is 5.95 Å². The Labute approximate surface area is 187 Å². The van der Waals surface area contributed by atoms with E-state index < -0.39 is 0 Å². The summed E-state index contributed by atoms with van der Waals surface area (Å²) in [5.74, 6) is 2.44. The standard InChI is InChI=1S/C24H25N5O3/c1-3-32-21-10-9-18(16-22(21)30-2)15-19(17-25)23-26-27-24(28-11-13-31-14-12-28)29(23)20-7-5-4-6-8-20/h4-10,15-16H,3,11-14H2,1-2H3/b19-15-. The van der Waals surface area contributed by atoms with Crippen LogP contribution in [0.2, 0.25) is 0 Å². The third kappa shape index (κ3) is 4.43. The van der Waals surface area contributed by atoms with Gasteiger partial charge in [0, 0.05) is 13.1 Å². The van der Waals surface area contributed by atoms with Crippen LogP contribution in [0.25, 0.3) is 17.3 Å². The molecule has 8 nitrogen and oxygen atoms in total. The summed E-state index contributed by atoms with van der Waals surface area (Å²) in [7, 11) is 1.59. The molecule has 0 spiro atoms. The summed E-state index contributed by atoms with van der Waals surface area (Å²) in [6.45, 7) is 5.15. The summed E-state index contributed by atoms with van der Waals surface area (Å²) < 4.78 is 18.4. The Morgan fingerprint density at radius 1 is 1.12 bits per heavy atom. The molecule has 3 aromatic rings. The predicted octanol–water partition coefficient (Wildman–Crippen LogP) is 3.58. The van der Waals surface area contributed by atoms with Crippen LogP contribution in [0.3, 0.4) is 0 Å². The van der Waals surface area contributed by atoms with Gasteiger partial charge in [0.25, 0.3) is 0 Å². The topological polar surface area (TPSA) is 85.4 Å². The zero-order valence-corrected chi connectivity index (χ0v) is 18.2. The lowest BCUT2D eigenvalue weighted by atomic mass is 10.1. The van der Waals surface area contributed by atoms with E-state index in [0.717, 1.165) is 11.3 Å². The number of benzene rings is 2. The van der Waals surface area contributed by atoms with E-state index in [2.05, 4.69) is 21.2 Å². The van der Waals surface area contributed by atoms with Gasteiger partial charge in [-0.3, -0.25) is 4.57 Å². The second-order valence-electron chi connectivity index (χ2n) is 7.11. The van der Waals surface area contributed by atoms with Crippen molar-refractivity contribution in [3.63, 3.8) is 0 Å². The van der Waals surface area contributed by atoms with E-state index in [1.807, 2.05) is 60.0 Å². The fraction of sp³-hybridized carbons (Fsp3) is 0.292. The molecule has 1 aliphatic rings. The number of aromatic nitrogens is 3. The molecule has 0 saturated carbocycles. The van der Waals surface area contributed by atoms with Crippen LogP contribution in [-0.4, -0.2) is 54.8 Å². The number of ether oxygens (including phenoxy) is 3. The first-order chi connectivity index (χ1) is 15.7. The smallest absolute Gasteiger partial charge is 0.232 e. The maximum absolute atomic E-state index is 10.0. The maximum atomic E-state index is 10.0. The number of rotatable bonds is 7. The van der Waals surface area contributed by atoms with Crippen LogP contribution in [0.15, 0.2) is 48.5 Å². The van der Waals surface area contributed by atoms with Crippen LogP contribution in [0.5, 0.6) is 11.5 Å². The van der Waals surface area contributed by atoms with E-state index in [0.29, 0.717) is 61.8 Å². The highest BCUT2D eigenvalue weighted by Gasteiger charge is 2.23. The van der Waals surface area contributed by atoms with E-state index in [9.17, 15) is 5.26 Å². The summed E-state index contributed by atoms with van der Waals surface area (Å²) in [6, 6.07) is 17.7. The number of methoxy groups -OCH3 is 1. The average molecular weight is 431 g/mol. The first-order valence-electron chi connectivity index (χ1n) is 10.5. The summed E-state index contributed by atoms with van der Waals surface area (Å²) in [5.41, 5.74) is 2.09. The van der Waals surface area contributed by atoms with Crippen LogP contribution in [0.1, 0.15) is 18.3 Å². The molecular weight excluding hydrogens is 406 g/mol. The summed E-state index contributed by atoms with van der Waals surface area (Å²) in [6.07, 6.45) is 1.78. The van der Waals surface area contributed by atoms with Crippen molar-refractivity contribution in [3.8, 4) is 23.3 Å². The number of anilines is 1. The third-order valence-electron chi connectivity index (χ3n) is 5.11. The molecule has 0 aliphatic carbocycles. The number of nitrogens with zero attached hydrogens (tertiary/aromatic N) is 5. The minimum absolute atomic E-state index is 0.395. The van der Waals surface area contributed by atoms with Crippen molar-refractivity contribution in [1.82, 2.24) is 14.8 Å². The van der Waals surface area contributed by atoms with Gasteiger partial charge in [0.15, 0.2) is 17.3 Å². The van der Waals surface area contributed by atoms with Gasteiger partial charge in [0.05, 0.1) is 38.2 Å². The molecule has 164 valence electrons. The minimum atomic E-state index is 0.395. The molecule has 2 aromatic carbocycles. The Morgan fingerprint density at radius 2 is 1.91 bits per heavy atom. The van der Waals surface area contributed by atoms with Crippen LogP contribution in [-0.2, 0) is 4.74 Å². The molecule has 1 fully saturated rings. The molecule has 1 saturated heterocycles. The minimum Gasteiger partial charge on any atom is -0.493 e. The maximum Gasteiger partial charge on any atom is 0.232 e. The third-order valence-corrected chi connectivity index (χ3v) is 5.11. The van der Waals surface area contributed by atoms with Crippen LogP contribution in [0, 0.1) is 11.3 Å². The van der Waals surface area contributed by atoms with Gasteiger partial charge in [-0.1, -0.05) is 24.3 Å². The quantitative estimate of drug-likeness (QED) is 0.529. The van der Waals surface area contributed by atoms with Crippen molar-refractivity contribution < 1.29 is 14.2 Å². The highest BCUT2D eigenvalue weighted by molar-refractivity contribution is 5.88. The lowest BCUT2D eigenvalue weighted by Gasteiger charge is -2.28. The zero-order valence-electron chi connectivity index (χ0n) is 18.2. The van der Waals surface area contributed by atoms with Crippen molar-refractivity contribution in [3.05, 3.63) is 59.9 Å². The van der Waals surface area contributed by atoms with Crippen molar-refractivity contribution in [2.24, 2.45) is 0 Å². The second kappa shape index (κ2) is 9.98. The van der Waals surface area contributed by atoms with Gasteiger partial charge in [-0.05, 0) is 42.8 Å². The van der Waals surface area contributed by atoms with Crippen molar-refractivity contribution in [2.75, 3.05) is 44.9 Å². The molecule has 0 radical (unpaired) electrons. The van der Waals surface area contributed by atoms with Gasteiger partial charge in [0.1, 0.15) is 6.07 Å². The van der Waals surface area contributed by atoms with Gasteiger partial charge in [-0.25, -0.2) is 0 Å². The SMILES string of the molecule is CCOc1ccc(/C=C(/C#N)c2nnc(N3CCOCC3)n2-c2ccccc2)cc1OC. The molecule has 0 atom stereocenters. The van der Waals surface area contributed by atoms with Gasteiger partial charge in [-0.15, -0.1) is 10.2 Å². The molecular formula is C24H25N5O3. The molecule has 8 heteroatoms. The van der Waals surface area contributed by atoms with E-state index >= 15 is 0 Å². The first-order valence-corrected chi connectivity index (χ1v) is 10.5. The van der Waals surface area contributed by atoms with E-state index in [4.69, 9.17) is 14.2 Å². The first kappa shape index (κ1) is 21.4. The van der Waals surface area contributed by atoms with Crippen molar-refractivity contribution in [1.29, 1.82) is 5.26 Å². The molecule has 0 bridgehead atoms. The Kier molecular flexibility index (Phi) is 6.68. The highest BCUT2D eigenvalue weighted by Crippen LogP contribution is 2.31. The lowest BCUT2D eigenvalue weighted by molar-refractivity contribution is 0.122. The fourth-order valence-corrected chi connectivity index (χ4v) is 3.60. The lowest BCUT2D eigenvalue weighted by Crippen LogP contribution is -2.38. The van der Waals surface area contributed by atoms with Gasteiger partial charge < -0.3 is 19.1 Å². The van der Waals surface area contributed by atoms with Gasteiger partial charge in [-0.2, -0.15) is 5.26 Å². The normalized spacial score (nSPS) is 14.2. The molecule has 1 aliphatic heterocycles. The van der Waals surface area contributed by atoms with Gasteiger partial charge >= 0.3 is 0 Å². The number of para-hydroxylation sites is 1. The number of nitriles is 1. The Hall–Kier alpha value is -3.83. The summed E-state index contributed by atoms with van der Waals surface area (Å²) in [5, 5.41) is 18.9. The average Bonchev–Trinajstić information content (AvgIpc) is 3.29.